The van der Waals surface area contributed by atoms with Crippen molar-refractivity contribution in [1.82, 2.24) is 4.90 Å². The number of alkyl halides is 1. The molecule has 2 rings (SSSR count). The van der Waals surface area contributed by atoms with Crippen LogP contribution in [0.5, 0.6) is 0 Å². The minimum Gasteiger partial charge on any atom is -0.338 e. The molecule has 0 radical (unpaired) electrons. The van der Waals surface area contributed by atoms with E-state index in [1.54, 1.807) is 18.2 Å². The third kappa shape index (κ3) is 3.77. The summed E-state index contributed by atoms with van der Waals surface area (Å²) < 4.78 is 0. The average molecular weight is 321 g/mol. The maximum atomic E-state index is 12.5. The number of likely N-dealkylation sites (tertiary alicyclic amines) is 1. The smallest absolute Gasteiger partial charge is 0.255 e. The van der Waals surface area contributed by atoms with E-state index >= 15 is 0 Å². The van der Waals surface area contributed by atoms with Crippen molar-refractivity contribution in [1.29, 1.82) is 0 Å². The average Bonchev–Trinajstić information content (AvgIpc) is 2.41. The maximum Gasteiger partial charge on any atom is 0.255 e. The SMILES string of the molecule is O=C(c1cc(Cl)ccc1Cl)N1CCCC(CCCl)C1. The van der Waals surface area contributed by atoms with E-state index in [2.05, 4.69) is 0 Å². The van der Waals surface area contributed by atoms with Gasteiger partial charge in [0.05, 0.1) is 10.6 Å². The molecule has 1 atom stereocenters. The highest BCUT2D eigenvalue weighted by Crippen LogP contribution is 2.26. The van der Waals surface area contributed by atoms with Crippen LogP contribution in [0.2, 0.25) is 10.0 Å². The molecule has 19 heavy (non-hydrogen) atoms. The zero-order chi connectivity index (χ0) is 13.8. The monoisotopic (exact) mass is 319 g/mol. The normalized spacial score (nSPS) is 19.5. The Balaban J connectivity index is 2.12. The van der Waals surface area contributed by atoms with Gasteiger partial charge in [-0.15, -0.1) is 11.6 Å². The molecule has 1 saturated heterocycles. The van der Waals surface area contributed by atoms with Gasteiger partial charge in [-0.2, -0.15) is 0 Å². The lowest BCUT2D eigenvalue weighted by Gasteiger charge is -2.32. The Hall–Kier alpha value is -0.440. The zero-order valence-electron chi connectivity index (χ0n) is 10.5. The fraction of sp³-hybridized carbons (Fsp3) is 0.500. The topological polar surface area (TPSA) is 20.3 Å². The molecule has 1 aliphatic rings. The lowest BCUT2D eigenvalue weighted by molar-refractivity contribution is 0.0672. The summed E-state index contributed by atoms with van der Waals surface area (Å²) in [7, 11) is 0. The van der Waals surface area contributed by atoms with E-state index in [9.17, 15) is 4.79 Å². The Morgan fingerprint density at radius 1 is 1.37 bits per heavy atom. The van der Waals surface area contributed by atoms with E-state index in [1.165, 1.54) is 0 Å². The van der Waals surface area contributed by atoms with Gasteiger partial charge < -0.3 is 4.90 Å². The number of carbonyl (C=O) groups excluding carboxylic acids is 1. The first-order valence-electron chi connectivity index (χ1n) is 6.42. The number of hydrogen-bond donors (Lipinski definition) is 0. The van der Waals surface area contributed by atoms with E-state index in [-0.39, 0.29) is 5.91 Å². The van der Waals surface area contributed by atoms with Crippen LogP contribution in [0.4, 0.5) is 0 Å². The van der Waals surface area contributed by atoms with Gasteiger partial charge >= 0.3 is 0 Å². The highest BCUT2D eigenvalue weighted by atomic mass is 35.5. The summed E-state index contributed by atoms with van der Waals surface area (Å²) >= 11 is 17.8. The molecule has 1 fully saturated rings. The second-order valence-electron chi connectivity index (χ2n) is 4.86. The van der Waals surface area contributed by atoms with Gasteiger partial charge in [-0.1, -0.05) is 23.2 Å². The lowest BCUT2D eigenvalue weighted by atomic mass is 9.95. The van der Waals surface area contributed by atoms with Gasteiger partial charge in [0.2, 0.25) is 0 Å². The predicted molar refractivity (Wildman–Crippen MR) is 80.4 cm³/mol. The molecule has 0 bridgehead atoms. The van der Waals surface area contributed by atoms with Gasteiger partial charge in [0.25, 0.3) is 5.91 Å². The van der Waals surface area contributed by atoms with Crippen molar-refractivity contribution in [2.24, 2.45) is 5.92 Å². The number of rotatable bonds is 3. The van der Waals surface area contributed by atoms with Crippen molar-refractivity contribution >= 4 is 40.7 Å². The van der Waals surface area contributed by atoms with E-state index in [4.69, 9.17) is 34.8 Å². The number of piperidine rings is 1. The summed E-state index contributed by atoms with van der Waals surface area (Å²) in [6.07, 6.45) is 3.11. The van der Waals surface area contributed by atoms with Crippen LogP contribution in [0, 0.1) is 5.92 Å². The van der Waals surface area contributed by atoms with Gasteiger partial charge in [0, 0.05) is 24.0 Å². The summed E-state index contributed by atoms with van der Waals surface area (Å²) in [6.45, 7) is 1.54. The Bertz CT molecular complexity index is 462. The molecular formula is C14H16Cl3NO. The number of nitrogens with zero attached hydrogens (tertiary/aromatic N) is 1. The second-order valence-corrected chi connectivity index (χ2v) is 6.08. The first kappa shape index (κ1) is 15.0. The lowest BCUT2D eigenvalue weighted by Crippen LogP contribution is -2.40. The molecule has 1 unspecified atom stereocenters. The van der Waals surface area contributed by atoms with Gasteiger partial charge in [0.1, 0.15) is 0 Å². The second kappa shape index (κ2) is 6.83. The van der Waals surface area contributed by atoms with Gasteiger partial charge in [-0.05, 0) is 43.4 Å². The number of carbonyl (C=O) groups is 1. The summed E-state index contributed by atoms with van der Waals surface area (Å²) in [5.74, 6) is 1.10. The van der Waals surface area contributed by atoms with Crippen molar-refractivity contribution in [2.75, 3.05) is 19.0 Å². The molecule has 1 aromatic carbocycles. The van der Waals surface area contributed by atoms with Crippen LogP contribution in [0.1, 0.15) is 29.6 Å². The minimum absolute atomic E-state index is 0.0354. The van der Waals surface area contributed by atoms with Crippen LogP contribution < -0.4 is 0 Å². The first-order valence-corrected chi connectivity index (χ1v) is 7.71. The Morgan fingerprint density at radius 2 is 2.16 bits per heavy atom. The molecular weight excluding hydrogens is 305 g/mol. The quantitative estimate of drug-likeness (QED) is 0.752. The van der Waals surface area contributed by atoms with Crippen molar-refractivity contribution in [3.8, 4) is 0 Å². The molecule has 104 valence electrons. The highest BCUT2D eigenvalue weighted by molar-refractivity contribution is 6.35. The summed E-state index contributed by atoms with van der Waals surface area (Å²) in [5, 5.41) is 0.982. The number of halogens is 3. The maximum absolute atomic E-state index is 12.5. The van der Waals surface area contributed by atoms with Crippen LogP contribution >= 0.6 is 34.8 Å². The minimum atomic E-state index is -0.0354. The van der Waals surface area contributed by atoms with E-state index < -0.39 is 0 Å². The molecule has 1 heterocycles. The van der Waals surface area contributed by atoms with Crippen LogP contribution in [0.15, 0.2) is 18.2 Å². The molecule has 1 aromatic rings. The molecule has 0 N–H and O–H groups in total. The molecule has 2 nitrogen and oxygen atoms in total. The fourth-order valence-electron chi connectivity index (χ4n) is 2.47. The highest BCUT2D eigenvalue weighted by Gasteiger charge is 2.25. The Morgan fingerprint density at radius 3 is 2.89 bits per heavy atom. The Labute approximate surface area is 128 Å². The third-order valence-corrected chi connectivity index (χ3v) is 4.27. The fourth-order valence-corrected chi connectivity index (χ4v) is 3.15. The van der Waals surface area contributed by atoms with E-state index in [1.807, 2.05) is 4.90 Å². The predicted octanol–water partition coefficient (Wildman–Crippen LogP) is 4.47. The van der Waals surface area contributed by atoms with Crippen molar-refractivity contribution in [2.45, 2.75) is 19.3 Å². The number of amides is 1. The molecule has 5 heteroatoms. The molecule has 1 amide bonds. The standard InChI is InChI=1S/C14H16Cl3NO/c15-6-5-10-2-1-7-18(9-10)14(19)12-8-11(16)3-4-13(12)17/h3-4,8,10H,1-2,5-7,9H2. The molecule has 0 saturated carbocycles. The summed E-state index contributed by atoms with van der Waals surface area (Å²) in [6, 6.07) is 4.99. The van der Waals surface area contributed by atoms with Crippen molar-refractivity contribution < 1.29 is 4.79 Å². The van der Waals surface area contributed by atoms with Gasteiger partial charge in [0.15, 0.2) is 0 Å². The van der Waals surface area contributed by atoms with E-state index in [0.29, 0.717) is 27.4 Å². The summed E-state index contributed by atoms with van der Waals surface area (Å²) in [5.41, 5.74) is 0.487. The van der Waals surface area contributed by atoms with Crippen molar-refractivity contribution in [3.05, 3.63) is 33.8 Å². The number of hydrogen-bond acceptors (Lipinski definition) is 1. The summed E-state index contributed by atoms with van der Waals surface area (Å²) in [4.78, 5) is 14.3. The first-order chi connectivity index (χ1) is 9.11. The van der Waals surface area contributed by atoms with E-state index in [0.717, 1.165) is 32.4 Å². The van der Waals surface area contributed by atoms with Crippen LogP contribution in [-0.4, -0.2) is 29.8 Å². The van der Waals surface area contributed by atoms with Crippen LogP contribution in [0.3, 0.4) is 0 Å². The number of benzene rings is 1. The molecule has 0 aromatic heterocycles. The molecule has 0 aliphatic carbocycles. The molecule has 0 spiro atoms. The largest absolute Gasteiger partial charge is 0.338 e. The molecule has 1 aliphatic heterocycles. The van der Waals surface area contributed by atoms with Crippen LogP contribution in [-0.2, 0) is 0 Å². The van der Waals surface area contributed by atoms with Gasteiger partial charge in [-0.25, -0.2) is 0 Å². The third-order valence-electron chi connectivity index (χ3n) is 3.48. The van der Waals surface area contributed by atoms with Gasteiger partial charge in [-0.3, -0.25) is 4.79 Å². The zero-order valence-corrected chi connectivity index (χ0v) is 12.8. The van der Waals surface area contributed by atoms with Crippen LogP contribution in [0.25, 0.3) is 0 Å². The Kier molecular flexibility index (Phi) is 5.37. The van der Waals surface area contributed by atoms with Crippen molar-refractivity contribution in [3.63, 3.8) is 0 Å².